The van der Waals surface area contributed by atoms with Gasteiger partial charge < -0.3 is 5.11 Å². The molecule has 0 aromatic heterocycles. The second kappa shape index (κ2) is 4.47. The van der Waals surface area contributed by atoms with Crippen LogP contribution >= 0.6 is 31.9 Å². The zero-order chi connectivity index (χ0) is 9.90. The molecule has 72 valence electrons. The molecule has 0 saturated carbocycles. The lowest BCUT2D eigenvalue weighted by molar-refractivity contribution is 0.465. The molecule has 1 aromatic carbocycles. The predicted octanol–water partition coefficient (Wildman–Crippen LogP) is 4.13. The van der Waals surface area contributed by atoms with Crippen LogP contribution in [0.5, 0.6) is 5.75 Å². The summed E-state index contributed by atoms with van der Waals surface area (Å²) in [6.07, 6.45) is 1.98. The Morgan fingerprint density at radius 3 is 2.46 bits per heavy atom. The Kier molecular flexibility index (Phi) is 3.80. The van der Waals surface area contributed by atoms with Crippen molar-refractivity contribution in [2.24, 2.45) is 0 Å². The lowest BCUT2D eigenvalue weighted by Crippen LogP contribution is -2.08. The fourth-order valence-electron chi connectivity index (χ4n) is 1.23. The Bertz CT molecular complexity index is 284. The van der Waals surface area contributed by atoms with Crippen LogP contribution in [0.1, 0.15) is 25.3 Å². The lowest BCUT2D eigenvalue weighted by atomic mass is 10.1. The molecule has 0 aliphatic carbocycles. The van der Waals surface area contributed by atoms with Crippen molar-refractivity contribution in [1.29, 1.82) is 0 Å². The molecule has 1 N–H and O–H groups in total. The standard InChI is InChI=1S/C10H12Br2O/c1-2-7-10(11,12)8-5-3-4-6-9(8)13/h3-6,13H,2,7H2,1H3. The van der Waals surface area contributed by atoms with Crippen molar-refractivity contribution in [3.63, 3.8) is 0 Å². The number of alkyl halides is 2. The van der Waals surface area contributed by atoms with E-state index in [9.17, 15) is 5.11 Å². The number of hydrogen-bond acceptors (Lipinski definition) is 1. The molecular formula is C10H12Br2O. The topological polar surface area (TPSA) is 20.2 Å². The molecule has 0 amide bonds. The summed E-state index contributed by atoms with van der Waals surface area (Å²) >= 11 is 7.12. The molecule has 0 spiro atoms. The fourth-order valence-corrected chi connectivity index (χ4v) is 2.70. The van der Waals surface area contributed by atoms with Gasteiger partial charge in [0.15, 0.2) is 0 Å². The number of halogens is 2. The minimum Gasteiger partial charge on any atom is -0.508 e. The third-order valence-corrected chi connectivity index (χ3v) is 3.51. The molecule has 1 aromatic rings. The number of hydrogen-bond donors (Lipinski definition) is 1. The molecular weight excluding hydrogens is 296 g/mol. The van der Waals surface area contributed by atoms with Crippen molar-refractivity contribution in [3.05, 3.63) is 29.8 Å². The molecule has 1 rings (SSSR count). The van der Waals surface area contributed by atoms with Crippen LogP contribution in [0.25, 0.3) is 0 Å². The molecule has 0 fully saturated rings. The number of rotatable bonds is 3. The highest BCUT2D eigenvalue weighted by Gasteiger charge is 2.26. The normalized spacial score (nSPS) is 11.6. The minimum absolute atomic E-state index is 0.292. The Labute approximate surface area is 95.4 Å². The average Bonchev–Trinajstić information content (AvgIpc) is 2.04. The second-order valence-corrected chi connectivity index (χ2v) is 6.74. The summed E-state index contributed by atoms with van der Waals surface area (Å²) in [6.45, 7) is 2.11. The number of aromatic hydroxyl groups is 1. The summed E-state index contributed by atoms with van der Waals surface area (Å²) in [6, 6.07) is 7.35. The van der Waals surface area contributed by atoms with Crippen molar-refractivity contribution >= 4 is 31.9 Å². The number of para-hydroxylation sites is 1. The van der Waals surface area contributed by atoms with E-state index >= 15 is 0 Å². The van der Waals surface area contributed by atoms with E-state index in [4.69, 9.17) is 0 Å². The number of phenolic OH excluding ortho intramolecular Hbond substituents is 1. The van der Waals surface area contributed by atoms with E-state index in [-0.39, 0.29) is 3.23 Å². The van der Waals surface area contributed by atoms with Crippen LogP contribution in [0, 0.1) is 0 Å². The van der Waals surface area contributed by atoms with Crippen LogP contribution in [0.15, 0.2) is 24.3 Å². The van der Waals surface area contributed by atoms with Crippen molar-refractivity contribution in [3.8, 4) is 5.75 Å². The highest BCUT2D eigenvalue weighted by molar-refractivity contribution is 9.24. The summed E-state index contributed by atoms with van der Waals surface area (Å²) in [7, 11) is 0. The van der Waals surface area contributed by atoms with Crippen LogP contribution in [0.4, 0.5) is 0 Å². The van der Waals surface area contributed by atoms with Gasteiger partial charge in [-0.2, -0.15) is 0 Å². The Hall–Kier alpha value is -0.0200. The highest BCUT2D eigenvalue weighted by atomic mass is 79.9. The third kappa shape index (κ3) is 2.71. The summed E-state index contributed by atoms with van der Waals surface area (Å²) < 4.78 is -0.292. The fraction of sp³-hybridized carbons (Fsp3) is 0.400. The quantitative estimate of drug-likeness (QED) is 0.832. The van der Waals surface area contributed by atoms with Gasteiger partial charge in [0.25, 0.3) is 0 Å². The Balaban J connectivity index is 2.99. The van der Waals surface area contributed by atoms with Crippen molar-refractivity contribution in [2.45, 2.75) is 23.0 Å². The molecule has 0 bridgehead atoms. The van der Waals surface area contributed by atoms with Gasteiger partial charge in [-0.25, -0.2) is 0 Å². The van der Waals surface area contributed by atoms with E-state index in [1.807, 2.05) is 18.2 Å². The maximum Gasteiger partial charge on any atom is 0.121 e. The van der Waals surface area contributed by atoms with E-state index < -0.39 is 0 Å². The van der Waals surface area contributed by atoms with Gasteiger partial charge in [0.1, 0.15) is 8.98 Å². The Morgan fingerprint density at radius 1 is 1.31 bits per heavy atom. The SMILES string of the molecule is CCCC(Br)(Br)c1ccccc1O. The maximum atomic E-state index is 9.61. The van der Waals surface area contributed by atoms with Crippen LogP contribution in [0.2, 0.25) is 0 Å². The Morgan fingerprint density at radius 2 is 1.92 bits per heavy atom. The smallest absolute Gasteiger partial charge is 0.121 e. The van der Waals surface area contributed by atoms with Crippen LogP contribution in [-0.4, -0.2) is 5.11 Å². The van der Waals surface area contributed by atoms with Gasteiger partial charge in [0.05, 0.1) is 0 Å². The predicted molar refractivity (Wildman–Crippen MR) is 62.5 cm³/mol. The number of phenols is 1. The van der Waals surface area contributed by atoms with E-state index in [2.05, 4.69) is 38.8 Å². The zero-order valence-electron chi connectivity index (χ0n) is 7.43. The van der Waals surface area contributed by atoms with Gasteiger partial charge in [0, 0.05) is 5.56 Å². The summed E-state index contributed by atoms with van der Waals surface area (Å²) in [5, 5.41) is 9.61. The van der Waals surface area contributed by atoms with Crippen molar-refractivity contribution in [2.75, 3.05) is 0 Å². The van der Waals surface area contributed by atoms with E-state index in [0.29, 0.717) is 5.75 Å². The molecule has 0 saturated heterocycles. The highest BCUT2D eigenvalue weighted by Crippen LogP contribution is 2.45. The summed E-state index contributed by atoms with van der Waals surface area (Å²) in [5.74, 6) is 0.324. The lowest BCUT2D eigenvalue weighted by Gasteiger charge is -2.20. The average molecular weight is 308 g/mol. The molecule has 13 heavy (non-hydrogen) atoms. The molecule has 0 aliphatic heterocycles. The molecule has 0 radical (unpaired) electrons. The largest absolute Gasteiger partial charge is 0.508 e. The van der Waals surface area contributed by atoms with Crippen LogP contribution in [-0.2, 0) is 3.23 Å². The summed E-state index contributed by atoms with van der Waals surface area (Å²) in [5.41, 5.74) is 0.886. The third-order valence-electron chi connectivity index (χ3n) is 1.86. The van der Waals surface area contributed by atoms with Gasteiger partial charge in [-0.1, -0.05) is 63.4 Å². The van der Waals surface area contributed by atoms with E-state index in [0.717, 1.165) is 18.4 Å². The van der Waals surface area contributed by atoms with Gasteiger partial charge in [0.2, 0.25) is 0 Å². The molecule has 1 nitrogen and oxygen atoms in total. The first kappa shape index (κ1) is 11.1. The molecule has 0 aliphatic rings. The van der Waals surface area contributed by atoms with Crippen LogP contribution < -0.4 is 0 Å². The second-order valence-electron chi connectivity index (χ2n) is 2.97. The first-order valence-electron chi connectivity index (χ1n) is 4.24. The summed E-state index contributed by atoms with van der Waals surface area (Å²) in [4.78, 5) is 0. The van der Waals surface area contributed by atoms with Crippen molar-refractivity contribution in [1.82, 2.24) is 0 Å². The monoisotopic (exact) mass is 306 g/mol. The molecule has 0 heterocycles. The minimum atomic E-state index is -0.292. The first-order chi connectivity index (χ1) is 6.08. The van der Waals surface area contributed by atoms with Crippen LogP contribution in [0.3, 0.4) is 0 Å². The molecule has 0 atom stereocenters. The van der Waals surface area contributed by atoms with Gasteiger partial charge in [-0.15, -0.1) is 0 Å². The van der Waals surface area contributed by atoms with Gasteiger partial charge in [-0.3, -0.25) is 0 Å². The maximum absolute atomic E-state index is 9.61. The number of benzene rings is 1. The first-order valence-corrected chi connectivity index (χ1v) is 5.83. The van der Waals surface area contributed by atoms with Crippen molar-refractivity contribution < 1.29 is 5.11 Å². The van der Waals surface area contributed by atoms with E-state index in [1.165, 1.54) is 0 Å². The van der Waals surface area contributed by atoms with Gasteiger partial charge >= 0.3 is 0 Å². The van der Waals surface area contributed by atoms with Gasteiger partial charge in [-0.05, 0) is 12.5 Å². The zero-order valence-corrected chi connectivity index (χ0v) is 10.6. The molecule has 0 unspecified atom stereocenters. The molecule has 3 heteroatoms. The van der Waals surface area contributed by atoms with E-state index in [1.54, 1.807) is 6.07 Å².